The van der Waals surface area contributed by atoms with E-state index in [-0.39, 0.29) is 11.5 Å². The summed E-state index contributed by atoms with van der Waals surface area (Å²) in [6.45, 7) is 5.21. The number of amides is 1. The van der Waals surface area contributed by atoms with Gasteiger partial charge in [0.2, 0.25) is 5.88 Å². The van der Waals surface area contributed by atoms with E-state index in [1.165, 1.54) is 6.21 Å². The molecule has 3 aromatic rings. The van der Waals surface area contributed by atoms with Crippen LogP contribution < -0.4 is 11.2 Å². The van der Waals surface area contributed by atoms with Crippen molar-refractivity contribution in [1.29, 1.82) is 0 Å². The van der Waals surface area contributed by atoms with Crippen LogP contribution in [0.4, 0.5) is 5.69 Å². The van der Waals surface area contributed by atoms with Gasteiger partial charge >= 0.3 is 5.69 Å². The number of carbonyl (C=O) groups excluding carboxylic acids is 1. The second-order valence-electron chi connectivity index (χ2n) is 8.38. The molecule has 0 unspecified atom stereocenters. The van der Waals surface area contributed by atoms with E-state index in [1.807, 2.05) is 17.9 Å². The molecule has 1 amide bonds. The number of aromatic hydroxyl groups is 1. The minimum absolute atomic E-state index is 0.00319. The highest BCUT2D eigenvalue weighted by Crippen LogP contribution is 2.26. The first-order valence-corrected chi connectivity index (χ1v) is 11.8. The molecule has 2 N–H and O–H groups in total. The van der Waals surface area contributed by atoms with E-state index in [9.17, 15) is 19.5 Å². The van der Waals surface area contributed by atoms with Crippen molar-refractivity contribution in [3.8, 4) is 11.6 Å². The van der Waals surface area contributed by atoms with Crippen LogP contribution in [0.1, 0.15) is 46.3 Å². The molecular weight excluding hydrogens is 500 g/mol. The van der Waals surface area contributed by atoms with E-state index < -0.39 is 17.1 Å². The van der Waals surface area contributed by atoms with Gasteiger partial charge in [-0.3, -0.25) is 19.6 Å². The van der Waals surface area contributed by atoms with E-state index in [0.717, 1.165) is 52.5 Å². The van der Waals surface area contributed by atoms with Crippen LogP contribution in [0.2, 0.25) is 0 Å². The van der Waals surface area contributed by atoms with Crippen LogP contribution in [-0.2, 0) is 0 Å². The number of halogens is 1. The van der Waals surface area contributed by atoms with Crippen LogP contribution >= 0.6 is 15.9 Å². The Morgan fingerprint density at radius 1 is 1.06 bits per heavy atom. The molecule has 0 atom stereocenters. The fraction of sp³-hybridized carbons (Fsp3) is 0.280. The monoisotopic (exact) mass is 524 g/mol. The Bertz CT molecular complexity index is 1380. The lowest BCUT2D eigenvalue weighted by atomic mass is 10.1. The van der Waals surface area contributed by atoms with Gasteiger partial charge in [0.1, 0.15) is 5.56 Å². The van der Waals surface area contributed by atoms with Crippen molar-refractivity contribution < 1.29 is 9.90 Å². The number of carbonyl (C=O) groups is 1. The van der Waals surface area contributed by atoms with Gasteiger partial charge in [0, 0.05) is 29.3 Å². The van der Waals surface area contributed by atoms with Gasteiger partial charge in [0.05, 0.1) is 11.4 Å². The van der Waals surface area contributed by atoms with Gasteiger partial charge in [-0.1, -0.05) is 15.9 Å². The largest absolute Gasteiger partial charge is 0.493 e. The van der Waals surface area contributed by atoms with Crippen molar-refractivity contribution in [3.05, 3.63) is 84.0 Å². The number of hydrogen-bond acceptors (Lipinski definition) is 5. The highest BCUT2D eigenvalue weighted by molar-refractivity contribution is 9.10. The summed E-state index contributed by atoms with van der Waals surface area (Å²) in [5, 5.41) is 10.8. The van der Waals surface area contributed by atoms with Gasteiger partial charge < -0.3 is 10.0 Å². The van der Waals surface area contributed by atoms with Crippen LogP contribution in [0.15, 0.2) is 55.5 Å². The predicted octanol–water partition coefficient (Wildman–Crippen LogP) is 3.99. The molecule has 4 rings (SSSR count). The van der Waals surface area contributed by atoms with Gasteiger partial charge in [-0.25, -0.2) is 9.36 Å². The third-order valence-electron chi connectivity index (χ3n) is 5.94. The maximum Gasteiger partial charge on any atom is 0.335 e. The van der Waals surface area contributed by atoms with Crippen molar-refractivity contribution >= 4 is 33.7 Å². The summed E-state index contributed by atoms with van der Waals surface area (Å²) in [6, 6.07) is 10.3. The molecule has 0 aliphatic carbocycles. The highest BCUT2D eigenvalue weighted by atomic mass is 79.9. The number of benzene rings is 2. The minimum Gasteiger partial charge on any atom is -0.493 e. The van der Waals surface area contributed by atoms with Crippen molar-refractivity contribution in [2.75, 3.05) is 13.1 Å². The Labute approximate surface area is 204 Å². The zero-order valence-corrected chi connectivity index (χ0v) is 20.6. The molecule has 0 radical (unpaired) electrons. The lowest BCUT2D eigenvalue weighted by molar-refractivity contribution is 0.0724. The molecule has 0 bridgehead atoms. The zero-order valence-electron chi connectivity index (χ0n) is 19.0. The topological polar surface area (TPSA) is 108 Å². The molecule has 1 aliphatic heterocycles. The number of aliphatic imine (C=N–C) groups is 1. The Morgan fingerprint density at radius 2 is 1.74 bits per heavy atom. The molecule has 2 heterocycles. The number of nitrogens with one attached hydrogen (secondary N) is 1. The first-order chi connectivity index (χ1) is 16.3. The molecule has 9 heteroatoms. The summed E-state index contributed by atoms with van der Waals surface area (Å²) in [6.07, 6.45) is 4.41. The molecule has 1 aliphatic rings. The summed E-state index contributed by atoms with van der Waals surface area (Å²) in [5.41, 5.74) is 1.50. The zero-order chi connectivity index (χ0) is 24.4. The molecule has 2 aromatic carbocycles. The van der Waals surface area contributed by atoms with Crippen LogP contribution in [0.5, 0.6) is 5.88 Å². The van der Waals surface area contributed by atoms with Gasteiger partial charge in [0.15, 0.2) is 0 Å². The van der Waals surface area contributed by atoms with Crippen LogP contribution in [0.25, 0.3) is 5.69 Å². The number of piperidine rings is 1. The van der Waals surface area contributed by atoms with E-state index >= 15 is 0 Å². The van der Waals surface area contributed by atoms with Crippen LogP contribution in [0.3, 0.4) is 0 Å². The molecule has 0 saturated carbocycles. The summed E-state index contributed by atoms with van der Waals surface area (Å²) in [7, 11) is 0. The predicted molar refractivity (Wildman–Crippen MR) is 135 cm³/mol. The SMILES string of the molecule is Cc1cc(-n2c(O)c(C=Nc3ccc(C(=O)N4CCCCC4)cc3)c(=O)[nH]c2=O)c(C)cc1Br. The Hall–Kier alpha value is -3.46. The summed E-state index contributed by atoms with van der Waals surface area (Å²) in [5.74, 6) is -0.504. The fourth-order valence-electron chi connectivity index (χ4n) is 3.99. The number of H-pyrrole nitrogens is 1. The third kappa shape index (κ3) is 4.75. The lowest BCUT2D eigenvalue weighted by Crippen LogP contribution is -2.35. The molecule has 1 aromatic heterocycles. The molecule has 0 spiro atoms. The normalized spacial score (nSPS) is 14.0. The number of likely N-dealkylation sites (tertiary alicyclic amines) is 1. The number of hydrogen-bond donors (Lipinski definition) is 2. The van der Waals surface area contributed by atoms with Gasteiger partial charge in [0.25, 0.3) is 11.5 Å². The fourth-order valence-corrected chi connectivity index (χ4v) is 4.45. The second kappa shape index (κ2) is 9.80. The highest BCUT2D eigenvalue weighted by Gasteiger charge is 2.18. The summed E-state index contributed by atoms with van der Waals surface area (Å²) < 4.78 is 1.92. The van der Waals surface area contributed by atoms with E-state index in [1.54, 1.807) is 37.3 Å². The van der Waals surface area contributed by atoms with Gasteiger partial charge in [-0.15, -0.1) is 0 Å². The van der Waals surface area contributed by atoms with Gasteiger partial charge in [-0.05, 0) is 80.6 Å². The Balaban J connectivity index is 1.64. The first kappa shape index (κ1) is 23.7. The number of aryl methyl sites for hydroxylation is 2. The molecule has 34 heavy (non-hydrogen) atoms. The molecule has 8 nitrogen and oxygen atoms in total. The molecule has 1 saturated heterocycles. The average molecular weight is 525 g/mol. The molecule has 1 fully saturated rings. The third-order valence-corrected chi connectivity index (χ3v) is 6.79. The van der Waals surface area contributed by atoms with E-state index in [2.05, 4.69) is 25.9 Å². The quantitative estimate of drug-likeness (QED) is 0.503. The Morgan fingerprint density at radius 3 is 2.41 bits per heavy atom. The smallest absolute Gasteiger partial charge is 0.335 e. The van der Waals surface area contributed by atoms with Crippen molar-refractivity contribution in [3.63, 3.8) is 0 Å². The second-order valence-corrected chi connectivity index (χ2v) is 9.23. The van der Waals surface area contributed by atoms with Crippen LogP contribution in [-0.4, -0.2) is 44.8 Å². The lowest BCUT2D eigenvalue weighted by Gasteiger charge is -2.26. The van der Waals surface area contributed by atoms with Gasteiger partial charge in [-0.2, -0.15) is 0 Å². The van der Waals surface area contributed by atoms with Crippen LogP contribution in [0, 0.1) is 13.8 Å². The van der Waals surface area contributed by atoms with Crippen molar-refractivity contribution in [2.24, 2.45) is 4.99 Å². The maximum atomic E-state index is 12.6. The number of rotatable bonds is 4. The maximum absolute atomic E-state index is 12.6. The Kier molecular flexibility index (Phi) is 6.83. The molecule has 176 valence electrons. The average Bonchev–Trinajstić information content (AvgIpc) is 2.82. The summed E-state index contributed by atoms with van der Waals surface area (Å²) >= 11 is 3.45. The summed E-state index contributed by atoms with van der Waals surface area (Å²) in [4.78, 5) is 45.9. The van der Waals surface area contributed by atoms with Crippen molar-refractivity contribution in [2.45, 2.75) is 33.1 Å². The van der Waals surface area contributed by atoms with E-state index in [4.69, 9.17) is 0 Å². The first-order valence-electron chi connectivity index (χ1n) is 11.0. The molecular formula is C25H25BrN4O4. The van der Waals surface area contributed by atoms with E-state index in [0.29, 0.717) is 16.9 Å². The number of aromatic amines is 1. The minimum atomic E-state index is -0.745. The number of aromatic nitrogens is 2. The van der Waals surface area contributed by atoms with Crippen molar-refractivity contribution in [1.82, 2.24) is 14.5 Å². The standard InChI is InChI=1S/C25H25BrN4O4/c1-15-13-21(16(2)12-20(15)26)30-24(33)19(22(31)28-25(30)34)14-27-18-8-6-17(7-9-18)23(32)29-10-4-3-5-11-29/h6-9,12-14,33H,3-5,10-11H2,1-2H3,(H,28,31,34). The number of nitrogens with zero attached hydrogens (tertiary/aromatic N) is 3.